The molecule has 0 amide bonds. The van der Waals surface area contributed by atoms with Crippen molar-refractivity contribution < 1.29 is 8.78 Å². The Bertz CT molecular complexity index is 552. The molecule has 2 rings (SSSR count). The molecule has 0 fully saturated rings. The lowest BCUT2D eigenvalue weighted by molar-refractivity contribution is 0.585. The molecular formula is C13H14F2N2S. The molecule has 0 radical (unpaired) electrons. The van der Waals surface area contributed by atoms with Gasteiger partial charge in [-0.05, 0) is 25.6 Å². The summed E-state index contributed by atoms with van der Waals surface area (Å²) >= 11 is 1.44. The molecule has 0 saturated heterocycles. The van der Waals surface area contributed by atoms with Crippen LogP contribution in [0.4, 0.5) is 8.78 Å². The minimum atomic E-state index is -0.572. The van der Waals surface area contributed by atoms with Crippen LogP contribution in [-0.2, 0) is 6.54 Å². The number of aryl methyl sites for hydroxylation is 1. The molecule has 2 nitrogen and oxygen atoms in total. The smallest absolute Gasteiger partial charge is 0.136 e. The first kappa shape index (κ1) is 13.1. The van der Waals surface area contributed by atoms with Gasteiger partial charge in [-0.2, -0.15) is 0 Å². The summed E-state index contributed by atoms with van der Waals surface area (Å²) < 4.78 is 26.5. The number of rotatable bonds is 4. The molecule has 1 heterocycles. The second kappa shape index (κ2) is 5.54. The van der Waals surface area contributed by atoms with Crippen LogP contribution in [0.15, 0.2) is 18.2 Å². The van der Waals surface area contributed by atoms with Gasteiger partial charge in [0, 0.05) is 23.1 Å². The summed E-state index contributed by atoms with van der Waals surface area (Å²) in [6.07, 6.45) is 0. The minimum absolute atomic E-state index is 0.354. The van der Waals surface area contributed by atoms with Crippen LogP contribution in [0.5, 0.6) is 0 Å². The average Bonchev–Trinajstić information content (AvgIpc) is 2.68. The molecule has 0 spiro atoms. The Labute approximate surface area is 109 Å². The number of benzene rings is 1. The lowest BCUT2D eigenvalue weighted by Gasteiger charge is -1.98. The molecule has 1 N–H and O–H groups in total. The predicted molar refractivity (Wildman–Crippen MR) is 69.6 cm³/mol. The fourth-order valence-corrected chi connectivity index (χ4v) is 2.67. The monoisotopic (exact) mass is 268 g/mol. The highest BCUT2D eigenvalue weighted by Gasteiger charge is 2.13. The van der Waals surface area contributed by atoms with Gasteiger partial charge in [0.2, 0.25) is 0 Å². The van der Waals surface area contributed by atoms with Gasteiger partial charge in [-0.3, -0.25) is 0 Å². The molecule has 1 aromatic carbocycles. The lowest BCUT2D eigenvalue weighted by Crippen LogP contribution is -2.11. The third kappa shape index (κ3) is 2.73. The zero-order valence-corrected chi connectivity index (χ0v) is 11.1. The zero-order valence-electron chi connectivity index (χ0n) is 10.3. The van der Waals surface area contributed by atoms with Crippen LogP contribution in [-0.4, -0.2) is 11.5 Å². The summed E-state index contributed by atoms with van der Waals surface area (Å²) in [6, 6.07) is 3.56. The van der Waals surface area contributed by atoms with E-state index in [2.05, 4.69) is 10.3 Å². The molecule has 0 saturated carbocycles. The van der Waals surface area contributed by atoms with Crippen molar-refractivity contribution in [2.45, 2.75) is 20.4 Å². The number of nitrogens with one attached hydrogen (secondary N) is 1. The van der Waals surface area contributed by atoms with Crippen LogP contribution in [0, 0.1) is 18.6 Å². The van der Waals surface area contributed by atoms with Gasteiger partial charge >= 0.3 is 0 Å². The van der Waals surface area contributed by atoms with E-state index in [1.807, 2.05) is 13.8 Å². The zero-order chi connectivity index (χ0) is 13.1. The van der Waals surface area contributed by atoms with Crippen molar-refractivity contribution in [3.05, 3.63) is 40.4 Å². The standard InChI is InChI=1S/C13H14F2N2S/c1-3-16-7-12-8(2)17-13(18-12)10-5-4-9(14)6-11(10)15/h4-6,16H,3,7H2,1-2H3. The fourth-order valence-electron chi connectivity index (χ4n) is 1.61. The van der Waals surface area contributed by atoms with Gasteiger partial charge in [0.05, 0.1) is 5.69 Å². The van der Waals surface area contributed by atoms with Gasteiger partial charge in [0.1, 0.15) is 16.6 Å². The molecule has 18 heavy (non-hydrogen) atoms. The molecule has 2 aromatic rings. The Kier molecular flexibility index (Phi) is 4.04. The van der Waals surface area contributed by atoms with Crippen LogP contribution in [0.2, 0.25) is 0 Å². The maximum atomic E-state index is 13.6. The third-order valence-corrected chi connectivity index (χ3v) is 3.78. The van der Waals surface area contributed by atoms with Gasteiger partial charge < -0.3 is 5.32 Å². The van der Waals surface area contributed by atoms with E-state index in [1.165, 1.54) is 23.5 Å². The van der Waals surface area contributed by atoms with E-state index in [0.29, 0.717) is 10.6 Å². The molecule has 1 aromatic heterocycles. The molecule has 0 atom stereocenters. The van der Waals surface area contributed by atoms with Crippen LogP contribution >= 0.6 is 11.3 Å². The fraction of sp³-hybridized carbons (Fsp3) is 0.308. The van der Waals surface area contributed by atoms with E-state index in [4.69, 9.17) is 0 Å². The van der Waals surface area contributed by atoms with E-state index in [-0.39, 0.29) is 0 Å². The molecule has 5 heteroatoms. The van der Waals surface area contributed by atoms with E-state index < -0.39 is 11.6 Å². The van der Waals surface area contributed by atoms with Crippen molar-refractivity contribution in [3.63, 3.8) is 0 Å². The summed E-state index contributed by atoms with van der Waals surface area (Å²) in [5.74, 6) is -1.14. The summed E-state index contributed by atoms with van der Waals surface area (Å²) in [7, 11) is 0. The predicted octanol–water partition coefficient (Wildman–Crippen LogP) is 3.51. The number of hydrogen-bond acceptors (Lipinski definition) is 3. The topological polar surface area (TPSA) is 24.9 Å². The van der Waals surface area contributed by atoms with Crippen LogP contribution in [0.1, 0.15) is 17.5 Å². The van der Waals surface area contributed by atoms with Crippen molar-refractivity contribution in [1.82, 2.24) is 10.3 Å². The van der Waals surface area contributed by atoms with E-state index >= 15 is 0 Å². The summed E-state index contributed by atoms with van der Waals surface area (Å²) in [6.45, 7) is 5.52. The lowest BCUT2D eigenvalue weighted by atomic mass is 10.2. The molecular weight excluding hydrogens is 254 g/mol. The van der Waals surface area contributed by atoms with Gasteiger partial charge in [0.25, 0.3) is 0 Å². The van der Waals surface area contributed by atoms with E-state index in [0.717, 1.165) is 29.7 Å². The SMILES string of the molecule is CCNCc1sc(-c2ccc(F)cc2F)nc1C. The molecule has 0 aliphatic heterocycles. The van der Waals surface area contributed by atoms with Crippen molar-refractivity contribution in [3.8, 4) is 10.6 Å². The first-order valence-electron chi connectivity index (χ1n) is 5.74. The molecule has 0 aliphatic carbocycles. The number of nitrogens with zero attached hydrogens (tertiary/aromatic N) is 1. The van der Waals surface area contributed by atoms with Crippen molar-refractivity contribution >= 4 is 11.3 Å². The summed E-state index contributed by atoms with van der Waals surface area (Å²) in [5, 5.41) is 3.81. The van der Waals surface area contributed by atoms with Crippen LogP contribution < -0.4 is 5.32 Å². The molecule has 0 unspecified atom stereocenters. The molecule has 0 aliphatic rings. The number of hydrogen-bond donors (Lipinski definition) is 1. The Morgan fingerprint density at radius 2 is 2.11 bits per heavy atom. The quantitative estimate of drug-likeness (QED) is 0.918. The first-order chi connectivity index (χ1) is 8.61. The van der Waals surface area contributed by atoms with Gasteiger partial charge in [-0.25, -0.2) is 13.8 Å². The van der Waals surface area contributed by atoms with Gasteiger partial charge in [0.15, 0.2) is 0 Å². The highest BCUT2D eigenvalue weighted by Crippen LogP contribution is 2.30. The summed E-state index contributed by atoms with van der Waals surface area (Å²) in [4.78, 5) is 5.42. The van der Waals surface area contributed by atoms with Crippen molar-refractivity contribution in [1.29, 1.82) is 0 Å². The van der Waals surface area contributed by atoms with E-state index in [9.17, 15) is 8.78 Å². The Morgan fingerprint density at radius 1 is 1.33 bits per heavy atom. The number of thiazole rings is 1. The summed E-state index contributed by atoms with van der Waals surface area (Å²) in [5.41, 5.74) is 1.24. The maximum Gasteiger partial charge on any atom is 0.136 e. The van der Waals surface area contributed by atoms with Gasteiger partial charge in [-0.15, -0.1) is 11.3 Å². The third-order valence-electron chi connectivity index (χ3n) is 2.59. The van der Waals surface area contributed by atoms with Gasteiger partial charge in [-0.1, -0.05) is 6.92 Å². The highest BCUT2D eigenvalue weighted by molar-refractivity contribution is 7.15. The average molecular weight is 268 g/mol. The molecule has 0 bridgehead atoms. The highest BCUT2D eigenvalue weighted by atomic mass is 32.1. The van der Waals surface area contributed by atoms with Crippen molar-refractivity contribution in [2.75, 3.05) is 6.54 Å². The molecule has 96 valence electrons. The second-order valence-electron chi connectivity index (χ2n) is 3.93. The Hall–Kier alpha value is -1.33. The van der Waals surface area contributed by atoms with Crippen LogP contribution in [0.3, 0.4) is 0 Å². The second-order valence-corrected chi connectivity index (χ2v) is 5.02. The van der Waals surface area contributed by atoms with Crippen molar-refractivity contribution in [2.24, 2.45) is 0 Å². The minimum Gasteiger partial charge on any atom is -0.312 e. The number of aromatic nitrogens is 1. The maximum absolute atomic E-state index is 13.6. The first-order valence-corrected chi connectivity index (χ1v) is 6.56. The van der Waals surface area contributed by atoms with E-state index in [1.54, 1.807) is 0 Å². The van der Waals surface area contributed by atoms with Crippen LogP contribution in [0.25, 0.3) is 10.6 Å². The largest absolute Gasteiger partial charge is 0.312 e. The Balaban J connectivity index is 2.33. The number of halogens is 2. The normalized spacial score (nSPS) is 10.9. The Morgan fingerprint density at radius 3 is 2.78 bits per heavy atom.